The van der Waals surface area contributed by atoms with E-state index in [1.54, 1.807) is 0 Å². The van der Waals surface area contributed by atoms with Gasteiger partial charge in [0.05, 0.1) is 11.5 Å². The normalized spacial score (nSPS) is 16.0. The first-order chi connectivity index (χ1) is 11.2. The van der Waals surface area contributed by atoms with E-state index in [2.05, 4.69) is 17.2 Å². The van der Waals surface area contributed by atoms with Gasteiger partial charge in [0.2, 0.25) is 5.91 Å². The molecule has 1 aromatic rings. The second-order valence-electron chi connectivity index (χ2n) is 4.83. The molecule has 1 aliphatic rings. The fourth-order valence-electron chi connectivity index (χ4n) is 1.97. The average molecular weight is 340 g/mol. The molecule has 1 N–H and O–H groups in total. The van der Waals surface area contributed by atoms with E-state index in [1.807, 2.05) is 0 Å². The molecular formula is C15H11F3N2O4. The van der Waals surface area contributed by atoms with Crippen LogP contribution in [0.15, 0.2) is 23.9 Å². The highest BCUT2D eigenvalue weighted by atomic mass is 19.4. The standard InChI is InChI=1S/C15H11F3N2O4/c1-9(21)19-6-2-3-10-4-5-13-11(7-10)8-12(20(22)23)14(24-13)15(16,17)18/h4-5,7-8,14H,6H2,1H3,(H,19,21). The monoisotopic (exact) mass is 340 g/mol. The Morgan fingerprint density at radius 3 is 2.75 bits per heavy atom. The van der Waals surface area contributed by atoms with E-state index in [0.717, 1.165) is 6.08 Å². The summed E-state index contributed by atoms with van der Waals surface area (Å²) < 4.78 is 43.3. The van der Waals surface area contributed by atoms with Crippen molar-refractivity contribution in [3.05, 3.63) is 45.1 Å². The van der Waals surface area contributed by atoms with E-state index >= 15 is 0 Å². The Labute approximate surface area is 134 Å². The molecule has 24 heavy (non-hydrogen) atoms. The topological polar surface area (TPSA) is 81.5 Å². The summed E-state index contributed by atoms with van der Waals surface area (Å²) in [7, 11) is 0. The van der Waals surface area contributed by atoms with Crippen LogP contribution < -0.4 is 10.1 Å². The number of carbonyl (C=O) groups excluding carboxylic acids is 1. The fraction of sp³-hybridized carbons (Fsp3) is 0.267. The van der Waals surface area contributed by atoms with Gasteiger partial charge in [0.25, 0.3) is 11.8 Å². The maximum atomic E-state index is 12.9. The molecule has 0 aromatic heterocycles. The number of amides is 1. The third-order valence-electron chi connectivity index (χ3n) is 2.99. The molecule has 0 radical (unpaired) electrons. The minimum Gasteiger partial charge on any atom is -0.469 e. The minimum atomic E-state index is -4.90. The van der Waals surface area contributed by atoms with Gasteiger partial charge in [-0.05, 0) is 18.2 Å². The Kier molecular flexibility index (Phi) is 4.78. The van der Waals surface area contributed by atoms with Crippen LogP contribution in [0.1, 0.15) is 18.1 Å². The summed E-state index contributed by atoms with van der Waals surface area (Å²) in [4.78, 5) is 20.5. The van der Waals surface area contributed by atoms with Gasteiger partial charge in [0.1, 0.15) is 5.75 Å². The number of hydrogen-bond donors (Lipinski definition) is 1. The SMILES string of the molecule is CC(=O)NCC#Cc1ccc2c(c1)C=C([N+](=O)[O-])C(C(F)(F)F)O2. The predicted octanol–water partition coefficient (Wildman–Crippen LogP) is 2.12. The van der Waals surface area contributed by atoms with E-state index in [1.165, 1.54) is 25.1 Å². The number of nitro groups is 1. The Bertz CT molecular complexity index is 775. The number of nitrogens with zero attached hydrogens (tertiary/aromatic N) is 1. The van der Waals surface area contributed by atoms with Gasteiger partial charge in [-0.2, -0.15) is 13.2 Å². The second-order valence-corrected chi connectivity index (χ2v) is 4.83. The highest BCUT2D eigenvalue weighted by Crippen LogP contribution is 2.37. The molecule has 1 atom stereocenters. The molecule has 1 aromatic carbocycles. The predicted molar refractivity (Wildman–Crippen MR) is 77.4 cm³/mol. The zero-order valence-corrected chi connectivity index (χ0v) is 12.3. The molecule has 6 nitrogen and oxygen atoms in total. The molecule has 1 heterocycles. The number of halogens is 3. The van der Waals surface area contributed by atoms with Gasteiger partial charge in [-0.1, -0.05) is 11.8 Å². The molecule has 2 rings (SSSR count). The molecule has 126 valence electrons. The van der Waals surface area contributed by atoms with Gasteiger partial charge in [0, 0.05) is 24.1 Å². The molecule has 1 aliphatic heterocycles. The summed E-state index contributed by atoms with van der Waals surface area (Å²) in [5, 5.41) is 13.3. The molecule has 9 heteroatoms. The van der Waals surface area contributed by atoms with Crippen molar-refractivity contribution in [3.63, 3.8) is 0 Å². The van der Waals surface area contributed by atoms with E-state index in [0.29, 0.717) is 5.56 Å². The van der Waals surface area contributed by atoms with E-state index in [4.69, 9.17) is 4.74 Å². The first-order valence-corrected chi connectivity index (χ1v) is 6.65. The Hall–Kier alpha value is -3.02. The van der Waals surface area contributed by atoms with Crippen LogP contribution >= 0.6 is 0 Å². The van der Waals surface area contributed by atoms with E-state index < -0.39 is 22.9 Å². The number of hydrogen-bond acceptors (Lipinski definition) is 4. The Morgan fingerprint density at radius 2 is 2.17 bits per heavy atom. The summed E-state index contributed by atoms with van der Waals surface area (Å²) in [6, 6.07) is 4.08. The lowest BCUT2D eigenvalue weighted by Crippen LogP contribution is -2.40. The van der Waals surface area contributed by atoms with Crippen LogP contribution in [0.2, 0.25) is 0 Å². The van der Waals surface area contributed by atoms with Crippen molar-refractivity contribution in [2.24, 2.45) is 0 Å². The number of rotatable bonds is 2. The lowest BCUT2D eigenvalue weighted by Gasteiger charge is -2.24. The van der Waals surface area contributed by atoms with Crippen molar-refractivity contribution in [1.82, 2.24) is 5.32 Å². The molecular weight excluding hydrogens is 329 g/mol. The number of benzene rings is 1. The van der Waals surface area contributed by atoms with Gasteiger partial charge in [-0.25, -0.2) is 0 Å². The third-order valence-corrected chi connectivity index (χ3v) is 2.99. The van der Waals surface area contributed by atoms with E-state index in [9.17, 15) is 28.1 Å². The number of alkyl halides is 3. The quantitative estimate of drug-likeness (QED) is 0.508. The van der Waals surface area contributed by atoms with Crippen LogP contribution in [0.5, 0.6) is 5.75 Å². The van der Waals surface area contributed by atoms with Gasteiger partial charge in [-0.3, -0.25) is 14.9 Å². The van der Waals surface area contributed by atoms with Crippen LogP contribution in [0.3, 0.4) is 0 Å². The smallest absolute Gasteiger partial charge is 0.436 e. The first-order valence-electron chi connectivity index (χ1n) is 6.65. The average Bonchev–Trinajstić information content (AvgIpc) is 2.49. The third kappa shape index (κ3) is 4.04. The van der Waals surface area contributed by atoms with Gasteiger partial charge >= 0.3 is 6.18 Å². The lowest BCUT2D eigenvalue weighted by molar-refractivity contribution is -0.443. The molecule has 0 aliphatic carbocycles. The highest BCUT2D eigenvalue weighted by Gasteiger charge is 2.51. The van der Waals surface area contributed by atoms with Crippen molar-refractivity contribution in [2.45, 2.75) is 19.2 Å². The number of ether oxygens (including phenoxy) is 1. The number of fused-ring (bicyclic) bond motifs is 1. The summed E-state index contributed by atoms with van der Waals surface area (Å²) in [5.41, 5.74) is -0.529. The molecule has 0 spiro atoms. The zero-order valence-electron chi connectivity index (χ0n) is 12.3. The first kappa shape index (κ1) is 17.3. The zero-order chi connectivity index (χ0) is 17.9. The van der Waals surface area contributed by atoms with Crippen molar-refractivity contribution < 1.29 is 27.6 Å². The van der Waals surface area contributed by atoms with Gasteiger partial charge in [-0.15, -0.1) is 0 Å². The fourth-order valence-corrected chi connectivity index (χ4v) is 1.97. The van der Waals surface area contributed by atoms with Crippen LogP contribution in [-0.2, 0) is 4.79 Å². The lowest BCUT2D eigenvalue weighted by atomic mass is 10.0. The maximum Gasteiger partial charge on any atom is 0.436 e. The second kappa shape index (κ2) is 6.62. The summed E-state index contributed by atoms with van der Waals surface area (Å²) >= 11 is 0. The van der Waals surface area contributed by atoms with Crippen molar-refractivity contribution >= 4 is 12.0 Å². The van der Waals surface area contributed by atoms with Crippen LogP contribution in [0.25, 0.3) is 6.08 Å². The van der Waals surface area contributed by atoms with Crippen LogP contribution in [-0.4, -0.2) is 29.7 Å². The van der Waals surface area contributed by atoms with Gasteiger partial charge in [0.15, 0.2) is 0 Å². The van der Waals surface area contributed by atoms with Crippen molar-refractivity contribution in [3.8, 4) is 17.6 Å². The number of nitrogens with one attached hydrogen (secondary N) is 1. The largest absolute Gasteiger partial charge is 0.469 e. The van der Waals surface area contributed by atoms with Crippen molar-refractivity contribution in [2.75, 3.05) is 6.54 Å². The number of carbonyl (C=O) groups is 1. The Balaban J connectivity index is 2.31. The maximum absolute atomic E-state index is 12.9. The van der Waals surface area contributed by atoms with Gasteiger partial charge < -0.3 is 10.1 Å². The van der Waals surface area contributed by atoms with E-state index in [-0.39, 0.29) is 23.8 Å². The summed E-state index contributed by atoms with van der Waals surface area (Å²) in [5.74, 6) is 4.98. The van der Waals surface area contributed by atoms with Crippen LogP contribution in [0, 0.1) is 22.0 Å². The summed E-state index contributed by atoms with van der Waals surface area (Å²) in [6.07, 6.45) is -6.68. The molecule has 1 amide bonds. The van der Waals surface area contributed by atoms with Crippen LogP contribution in [0.4, 0.5) is 13.2 Å². The molecule has 0 bridgehead atoms. The molecule has 0 fully saturated rings. The minimum absolute atomic E-state index is 0.106. The molecule has 0 saturated carbocycles. The Morgan fingerprint density at radius 1 is 1.46 bits per heavy atom. The molecule has 0 saturated heterocycles. The summed E-state index contributed by atoms with van der Waals surface area (Å²) in [6.45, 7) is 1.44. The van der Waals surface area contributed by atoms with Crippen molar-refractivity contribution in [1.29, 1.82) is 0 Å². The highest BCUT2D eigenvalue weighted by molar-refractivity contribution is 5.73. The molecule has 1 unspecified atom stereocenters.